The highest BCUT2D eigenvalue weighted by Gasteiger charge is 2.28. The van der Waals surface area contributed by atoms with Crippen LogP contribution in [0.5, 0.6) is 0 Å². The molecule has 1 rings (SSSR count). The first kappa shape index (κ1) is 16.7. The smallest absolute Gasteiger partial charge is 0.247 e. The highest BCUT2D eigenvalue weighted by molar-refractivity contribution is 9.10. The minimum absolute atomic E-state index is 0.204. The normalized spacial score (nSPS) is 12.3. The van der Waals surface area contributed by atoms with Crippen LogP contribution in [0.2, 0.25) is 0 Å². The Kier molecular flexibility index (Phi) is 6.52. The first-order valence-corrected chi connectivity index (χ1v) is 8.63. The Morgan fingerprint density at radius 3 is 2.63 bits per heavy atom. The monoisotopic (exact) mass is 352 g/mol. The van der Waals surface area contributed by atoms with E-state index in [0.29, 0.717) is 25.4 Å². The Hall–Kier alpha value is -0.370. The lowest BCUT2D eigenvalue weighted by molar-refractivity contribution is 0.416. The van der Waals surface area contributed by atoms with Crippen molar-refractivity contribution in [1.82, 2.24) is 9.62 Å². The van der Waals surface area contributed by atoms with Gasteiger partial charge in [-0.1, -0.05) is 20.3 Å². The van der Waals surface area contributed by atoms with Gasteiger partial charge in [-0.2, -0.15) is 4.31 Å². The molecule has 0 aliphatic heterocycles. The molecule has 5 nitrogen and oxygen atoms in total. The van der Waals surface area contributed by atoms with Gasteiger partial charge in [-0.3, -0.25) is 0 Å². The maximum atomic E-state index is 12.5. The van der Waals surface area contributed by atoms with Gasteiger partial charge in [0, 0.05) is 19.2 Å². The fraction of sp³-hybridized carbons (Fsp3) is 0.667. The largest absolute Gasteiger partial charge is 0.452 e. The van der Waals surface area contributed by atoms with E-state index < -0.39 is 10.0 Å². The summed E-state index contributed by atoms with van der Waals surface area (Å²) in [6, 6.07) is 1.57. The van der Waals surface area contributed by atoms with E-state index in [4.69, 9.17) is 4.42 Å². The molecule has 0 fully saturated rings. The summed E-state index contributed by atoms with van der Waals surface area (Å²) < 4.78 is 32.2. The average Bonchev–Trinajstić information content (AvgIpc) is 2.72. The lowest BCUT2D eigenvalue weighted by Crippen LogP contribution is -2.31. The number of unbranched alkanes of at least 4 members (excludes halogenated alkanes) is 1. The second-order valence-corrected chi connectivity index (χ2v) is 6.86. The van der Waals surface area contributed by atoms with Crippen molar-refractivity contribution in [2.24, 2.45) is 0 Å². The summed E-state index contributed by atoms with van der Waals surface area (Å²) in [5.74, 6) is 0.597. The Bertz CT molecular complexity index is 499. The van der Waals surface area contributed by atoms with Crippen molar-refractivity contribution >= 4 is 26.0 Å². The second-order valence-electron chi connectivity index (χ2n) is 4.23. The molecule has 1 heterocycles. The fourth-order valence-corrected chi connectivity index (χ4v) is 4.21. The van der Waals surface area contributed by atoms with Crippen LogP contribution in [0.25, 0.3) is 0 Å². The lowest BCUT2D eigenvalue weighted by atomic mass is 10.3. The van der Waals surface area contributed by atoms with Crippen molar-refractivity contribution in [2.45, 2.75) is 38.1 Å². The molecule has 0 aromatic carbocycles. The van der Waals surface area contributed by atoms with Gasteiger partial charge < -0.3 is 9.73 Å². The van der Waals surface area contributed by atoms with Gasteiger partial charge in [-0.15, -0.1) is 0 Å². The molecule has 1 N–H and O–H groups in total. The van der Waals surface area contributed by atoms with Crippen molar-refractivity contribution in [3.63, 3.8) is 0 Å². The number of hydrogen-bond acceptors (Lipinski definition) is 4. The minimum Gasteiger partial charge on any atom is -0.452 e. The van der Waals surface area contributed by atoms with Crippen LogP contribution in [0.1, 0.15) is 32.4 Å². The van der Waals surface area contributed by atoms with E-state index in [2.05, 4.69) is 21.2 Å². The molecular formula is C12H21BrN2O3S. The standard InChI is InChI=1S/C12H21BrN2O3S/c1-4-6-7-15(5-2)19(16,17)11-8-10(9-14-3)18-12(11)13/h8,14H,4-7,9H2,1-3H3. The zero-order chi connectivity index (χ0) is 14.5. The summed E-state index contributed by atoms with van der Waals surface area (Å²) >= 11 is 3.19. The quantitative estimate of drug-likeness (QED) is 0.780. The Morgan fingerprint density at radius 1 is 1.42 bits per heavy atom. The van der Waals surface area contributed by atoms with E-state index in [0.717, 1.165) is 12.8 Å². The third kappa shape index (κ3) is 4.05. The molecule has 0 unspecified atom stereocenters. The van der Waals surface area contributed by atoms with E-state index in [1.807, 2.05) is 13.8 Å². The van der Waals surface area contributed by atoms with Gasteiger partial charge in [-0.05, 0) is 29.4 Å². The summed E-state index contributed by atoms with van der Waals surface area (Å²) in [5.41, 5.74) is 0. The van der Waals surface area contributed by atoms with Crippen LogP contribution in [-0.4, -0.2) is 32.9 Å². The third-order valence-corrected chi connectivity index (χ3v) is 5.62. The predicted molar refractivity (Wildman–Crippen MR) is 78.5 cm³/mol. The van der Waals surface area contributed by atoms with E-state index >= 15 is 0 Å². The number of halogens is 1. The zero-order valence-electron chi connectivity index (χ0n) is 11.6. The molecule has 0 atom stereocenters. The van der Waals surface area contributed by atoms with Gasteiger partial charge in [0.05, 0.1) is 6.54 Å². The van der Waals surface area contributed by atoms with Crippen LogP contribution >= 0.6 is 15.9 Å². The molecule has 0 radical (unpaired) electrons. The Morgan fingerprint density at radius 2 is 2.11 bits per heavy atom. The zero-order valence-corrected chi connectivity index (χ0v) is 14.0. The highest BCUT2D eigenvalue weighted by Crippen LogP contribution is 2.28. The Labute approximate surface area is 123 Å². The first-order valence-electron chi connectivity index (χ1n) is 6.40. The van der Waals surface area contributed by atoms with Crippen molar-refractivity contribution in [3.8, 4) is 0 Å². The molecule has 0 amide bonds. The number of rotatable bonds is 8. The van der Waals surface area contributed by atoms with E-state index in [9.17, 15) is 8.42 Å². The van der Waals surface area contributed by atoms with E-state index in [1.54, 1.807) is 13.1 Å². The van der Waals surface area contributed by atoms with Gasteiger partial charge in [0.2, 0.25) is 10.0 Å². The molecule has 0 saturated heterocycles. The third-order valence-electron chi connectivity index (χ3n) is 2.79. The van der Waals surface area contributed by atoms with Crippen LogP contribution in [0, 0.1) is 0 Å². The molecule has 1 aromatic heterocycles. The number of hydrogen-bond donors (Lipinski definition) is 1. The number of nitrogens with zero attached hydrogens (tertiary/aromatic N) is 1. The van der Waals surface area contributed by atoms with Crippen LogP contribution < -0.4 is 5.32 Å². The number of sulfonamides is 1. The van der Waals surface area contributed by atoms with Gasteiger partial charge >= 0.3 is 0 Å². The fourth-order valence-electron chi connectivity index (χ4n) is 1.76. The van der Waals surface area contributed by atoms with Gasteiger partial charge in [0.1, 0.15) is 10.7 Å². The molecular weight excluding hydrogens is 332 g/mol. The van der Waals surface area contributed by atoms with E-state index in [-0.39, 0.29) is 9.56 Å². The molecule has 19 heavy (non-hydrogen) atoms. The molecule has 0 aliphatic carbocycles. The van der Waals surface area contributed by atoms with E-state index in [1.165, 1.54) is 4.31 Å². The molecule has 0 aliphatic rings. The number of furan rings is 1. The molecule has 1 aromatic rings. The summed E-state index contributed by atoms with van der Waals surface area (Å²) in [6.07, 6.45) is 1.81. The van der Waals surface area contributed by atoms with Crippen molar-refractivity contribution in [3.05, 3.63) is 16.5 Å². The maximum Gasteiger partial charge on any atom is 0.247 e. The van der Waals surface area contributed by atoms with Gasteiger partial charge in [0.15, 0.2) is 4.67 Å². The average molecular weight is 353 g/mol. The van der Waals surface area contributed by atoms with Crippen molar-refractivity contribution in [1.29, 1.82) is 0 Å². The lowest BCUT2D eigenvalue weighted by Gasteiger charge is -2.19. The molecule has 0 spiro atoms. The van der Waals surface area contributed by atoms with Crippen LogP contribution in [-0.2, 0) is 16.6 Å². The van der Waals surface area contributed by atoms with Crippen LogP contribution in [0.15, 0.2) is 20.0 Å². The summed E-state index contributed by atoms with van der Waals surface area (Å²) in [6.45, 7) is 5.37. The predicted octanol–water partition coefficient (Wildman–Crippen LogP) is 2.57. The minimum atomic E-state index is -3.49. The molecule has 0 saturated carbocycles. The van der Waals surface area contributed by atoms with Crippen LogP contribution in [0.3, 0.4) is 0 Å². The van der Waals surface area contributed by atoms with Crippen LogP contribution in [0.4, 0.5) is 0 Å². The SMILES string of the molecule is CCCCN(CC)S(=O)(=O)c1cc(CNC)oc1Br. The molecule has 0 bridgehead atoms. The van der Waals surface area contributed by atoms with Gasteiger partial charge in [0.25, 0.3) is 0 Å². The van der Waals surface area contributed by atoms with Crippen molar-refractivity contribution < 1.29 is 12.8 Å². The Balaban J connectivity index is 3.03. The molecule has 110 valence electrons. The second kappa shape index (κ2) is 7.42. The molecule has 7 heteroatoms. The topological polar surface area (TPSA) is 62.6 Å². The van der Waals surface area contributed by atoms with Gasteiger partial charge in [-0.25, -0.2) is 8.42 Å². The highest BCUT2D eigenvalue weighted by atomic mass is 79.9. The summed E-state index contributed by atoms with van der Waals surface area (Å²) in [4.78, 5) is 0.204. The summed E-state index contributed by atoms with van der Waals surface area (Å²) in [5, 5.41) is 2.93. The summed E-state index contributed by atoms with van der Waals surface area (Å²) in [7, 11) is -1.70. The first-order chi connectivity index (χ1) is 8.97. The van der Waals surface area contributed by atoms with Crippen molar-refractivity contribution in [2.75, 3.05) is 20.1 Å². The number of nitrogens with one attached hydrogen (secondary N) is 1. The maximum absolute atomic E-state index is 12.5.